The van der Waals surface area contributed by atoms with E-state index in [-0.39, 0.29) is 0 Å². The zero-order chi connectivity index (χ0) is 10.1. The van der Waals surface area contributed by atoms with Crippen molar-refractivity contribution in [1.82, 2.24) is 4.98 Å². The summed E-state index contributed by atoms with van der Waals surface area (Å²) in [6.07, 6.45) is 0.844. The van der Waals surface area contributed by atoms with Crippen LogP contribution in [-0.2, 0) is 0 Å². The fraction of sp³-hybridized carbons (Fsp3) is 0.222. The first-order valence-electron chi connectivity index (χ1n) is 4.06. The van der Waals surface area contributed by atoms with Gasteiger partial charge in [-0.05, 0) is 19.1 Å². The van der Waals surface area contributed by atoms with Crippen molar-refractivity contribution >= 4 is 22.9 Å². The molecule has 0 bridgehead atoms. The van der Waals surface area contributed by atoms with Gasteiger partial charge in [0.25, 0.3) is 0 Å². The number of halogens is 1. The quantitative estimate of drug-likeness (QED) is 0.861. The molecule has 0 amide bonds. The number of aliphatic hydroxyl groups excluding tert-OH is 1. The van der Waals surface area contributed by atoms with Gasteiger partial charge in [0.2, 0.25) is 5.89 Å². The summed E-state index contributed by atoms with van der Waals surface area (Å²) in [6, 6.07) is 3.62. The van der Waals surface area contributed by atoms with Gasteiger partial charge in [0, 0.05) is 0 Å². The Hall–Kier alpha value is -0.840. The van der Waals surface area contributed by atoms with Gasteiger partial charge in [-0.1, -0.05) is 11.6 Å². The fourth-order valence-corrected chi connectivity index (χ4v) is 2.00. The normalized spacial score (nSPS) is 13.1. The smallest absolute Gasteiger partial charge is 0.236 e. The van der Waals surface area contributed by atoms with Crippen molar-refractivity contribution in [3.05, 3.63) is 28.4 Å². The molecule has 2 rings (SSSR count). The van der Waals surface area contributed by atoms with Crippen LogP contribution in [0.5, 0.6) is 0 Å². The summed E-state index contributed by atoms with van der Waals surface area (Å²) in [5, 5.41) is 9.24. The third kappa shape index (κ3) is 1.82. The second-order valence-corrected chi connectivity index (χ2v) is 4.57. The predicted octanol–water partition coefficient (Wildman–Crippen LogP) is 3.11. The molecule has 0 aliphatic rings. The fourth-order valence-electron chi connectivity index (χ4n) is 1.02. The Bertz CT molecular complexity index is 435. The van der Waals surface area contributed by atoms with Gasteiger partial charge in [-0.3, -0.25) is 0 Å². The van der Waals surface area contributed by atoms with E-state index in [1.54, 1.807) is 13.0 Å². The molecule has 2 heterocycles. The Kier molecular flexibility index (Phi) is 2.58. The Morgan fingerprint density at radius 1 is 1.57 bits per heavy atom. The molecule has 0 aliphatic carbocycles. The van der Waals surface area contributed by atoms with E-state index in [1.807, 2.05) is 6.07 Å². The summed E-state index contributed by atoms with van der Waals surface area (Å²) in [5.41, 5.74) is 0.532. The van der Waals surface area contributed by atoms with Crippen molar-refractivity contribution in [3.8, 4) is 10.8 Å². The number of rotatable bonds is 2. The number of aliphatic hydroxyl groups is 1. The minimum atomic E-state index is -0.608. The molecule has 74 valence electrons. The van der Waals surface area contributed by atoms with Gasteiger partial charge in [-0.25, -0.2) is 4.98 Å². The van der Waals surface area contributed by atoms with Crippen molar-refractivity contribution < 1.29 is 9.52 Å². The Labute approximate surface area is 90.0 Å². The number of aromatic nitrogens is 1. The van der Waals surface area contributed by atoms with Gasteiger partial charge in [0.15, 0.2) is 0 Å². The largest absolute Gasteiger partial charge is 0.443 e. The number of nitrogens with zero attached hydrogens (tertiary/aromatic N) is 1. The molecular weight excluding hydrogens is 222 g/mol. The molecule has 2 aromatic heterocycles. The monoisotopic (exact) mass is 229 g/mol. The molecule has 2 aromatic rings. The molecule has 3 nitrogen and oxygen atoms in total. The molecule has 0 fully saturated rings. The summed E-state index contributed by atoms with van der Waals surface area (Å²) in [7, 11) is 0. The van der Waals surface area contributed by atoms with Crippen LogP contribution in [0.2, 0.25) is 4.34 Å². The topological polar surface area (TPSA) is 46.3 Å². The predicted molar refractivity (Wildman–Crippen MR) is 55.5 cm³/mol. The first-order valence-corrected chi connectivity index (χ1v) is 5.25. The van der Waals surface area contributed by atoms with Gasteiger partial charge < -0.3 is 9.52 Å². The molecule has 1 unspecified atom stereocenters. The average Bonchev–Trinajstić information content (AvgIpc) is 2.70. The molecule has 5 heteroatoms. The SMILES string of the molecule is CC(O)c1coc(-c2ccc(Cl)s2)n1. The number of thiophene rings is 1. The minimum Gasteiger partial charge on any atom is -0.443 e. The van der Waals surface area contributed by atoms with Crippen molar-refractivity contribution in [2.45, 2.75) is 13.0 Å². The first-order chi connectivity index (χ1) is 6.66. The summed E-state index contributed by atoms with van der Waals surface area (Å²) in [5.74, 6) is 0.498. The maximum Gasteiger partial charge on any atom is 0.236 e. The highest BCUT2D eigenvalue weighted by atomic mass is 35.5. The molecule has 0 radical (unpaired) electrons. The molecule has 1 atom stereocenters. The first kappa shape index (κ1) is 9.71. The highest BCUT2D eigenvalue weighted by Gasteiger charge is 2.11. The molecular formula is C9H8ClNO2S. The standard InChI is InChI=1S/C9H8ClNO2S/c1-5(12)6-4-13-9(11-6)7-2-3-8(10)14-7/h2-5,12H,1H3. The van der Waals surface area contributed by atoms with E-state index in [9.17, 15) is 5.11 Å². The van der Waals surface area contributed by atoms with Crippen molar-refractivity contribution in [3.63, 3.8) is 0 Å². The molecule has 0 saturated carbocycles. The van der Waals surface area contributed by atoms with E-state index in [1.165, 1.54) is 17.6 Å². The molecule has 0 aromatic carbocycles. The third-order valence-electron chi connectivity index (χ3n) is 1.73. The van der Waals surface area contributed by atoms with Crippen LogP contribution in [0.1, 0.15) is 18.7 Å². The lowest BCUT2D eigenvalue weighted by atomic mass is 10.3. The van der Waals surface area contributed by atoms with Crippen molar-refractivity contribution in [2.24, 2.45) is 0 Å². The second-order valence-electron chi connectivity index (χ2n) is 2.86. The van der Waals surface area contributed by atoms with Crippen LogP contribution < -0.4 is 0 Å². The maximum absolute atomic E-state index is 9.24. The van der Waals surface area contributed by atoms with Crippen molar-refractivity contribution in [2.75, 3.05) is 0 Å². The van der Waals surface area contributed by atoms with Crippen LogP contribution in [0, 0.1) is 0 Å². The van der Waals surface area contributed by atoms with E-state index in [0.29, 0.717) is 15.9 Å². The lowest BCUT2D eigenvalue weighted by Gasteiger charge is -1.93. The number of hydrogen-bond acceptors (Lipinski definition) is 4. The zero-order valence-corrected chi connectivity index (χ0v) is 8.97. The lowest BCUT2D eigenvalue weighted by molar-refractivity contribution is 0.194. The molecule has 0 saturated heterocycles. The van der Waals surface area contributed by atoms with Gasteiger partial charge in [-0.15, -0.1) is 11.3 Å². The van der Waals surface area contributed by atoms with Crippen LogP contribution in [0.15, 0.2) is 22.8 Å². The number of hydrogen-bond donors (Lipinski definition) is 1. The Morgan fingerprint density at radius 3 is 2.86 bits per heavy atom. The molecule has 14 heavy (non-hydrogen) atoms. The molecule has 0 spiro atoms. The van der Waals surface area contributed by atoms with E-state index >= 15 is 0 Å². The number of oxazole rings is 1. The Balaban J connectivity index is 2.33. The zero-order valence-electron chi connectivity index (χ0n) is 7.40. The highest BCUT2D eigenvalue weighted by Crippen LogP contribution is 2.30. The lowest BCUT2D eigenvalue weighted by Crippen LogP contribution is -1.89. The second kappa shape index (κ2) is 3.73. The maximum atomic E-state index is 9.24. The van der Waals surface area contributed by atoms with Crippen LogP contribution in [0.25, 0.3) is 10.8 Å². The van der Waals surface area contributed by atoms with Crippen LogP contribution >= 0.6 is 22.9 Å². The van der Waals surface area contributed by atoms with E-state index < -0.39 is 6.10 Å². The van der Waals surface area contributed by atoms with Gasteiger partial charge in [0.05, 0.1) is 15.3 Å². The van der Waals surface area contributed by atoms with Crippen molar-refractivity contribution in [1.29, 1.82) is 0 Å². The summed E-state index contributed by atoms with van der Waals surface area (Å²) in [6.45, 7) is 1.64. The van der Waals surface area contributed by atoms with Gasteiger partial charge in [-0.2, -0.15) is 0 Å². The van der Waals surface area contributed by atoms with Gasteiger partial charge in [0.1, 0.15) is 12.0 Å². The van der Waals surface area contributed by atoms with E-state index in [2.05, 4.69) is 4.98 Å². The summed E-state index contributed by atoms with van der Waals surface area (Å²) in [4.78, 5) is 4.99. The molecule has 0 aliphatic heterocycles. The average molecular weight is 230 g/mol. The molecule has 1 N–H and O–H groups in total. The van der Waals surface area contributed by atoms with Gasteiger partial charge >= 0.3 is 0 Å². The highest BCUT2D eigenvalue weighted by molar-refractivity contribution is 7.19. The third-order valence-corrected chi connectivity index (χ3v) is 2.95. The van der Waals surface area contributed by atoms with Crippen LogP contribution in [-0.4, -0.2) is 10.1 Å². The van der Waals surface area contributed by atoms with E-state index in [4.69, 9.17) is 16.0 Å². The van der Waals surface area contributed by atoms with Crippen LogP contribution in [0.4, 0.5) is 0 Å². The van der Waals surface area contributed by atoms with E-state index in [0.717, 1.165) is 4.88 Å². The Morgan fingerprint density at radius 2 is 2.36 bits per heavy atom. The minimum absolute atomic E-state index is 0.498. The summed E-state index contributed by atoms with van der Waals surface area (Å²) < 4.78 is 5.90. The van der Waals surface area contributed by atoms with Crippen LogP contribution in [0.3, 0.4) is 0 Å². The summed E-state index contributed by atoms with van der Waals surface area (Å²) >= 11 is 7.17.